The van der Waals surface area contributed by atoms with E-state index in [1.807, 2.05) is 0 Å². The molecule has 0 aliphatic heterocycles. The maximum Gasteiger partial charge on any atom is 0.412 e. The molecule has 0 aliphatic rings. The lowest BCUT2D eigenvalue weighted by Gasteiger charge is -2.20. The zero-order valence-electron chi connectivity index (χ0n) is 12.9. The van der Waals surface area contributed by atoms with E-state index in [0.29, 0.717) is 22.7 Å². The molecule has 4 N–H and O–H groups in total. The van der Waals surface area contributed by atoms with Crippen LogP contribution in [0.2, 0.25) is 5.02 Å². The summed E-state index contributed by atoms with van der Waals surface area (Å²) >= 11 is 6.04. The Morgan fingerprint density at radius 2 is 2.05 bits per heavy atom. The minimum absolute atomic E-state index is 0.0291. The fourth-order valence-electron chi connectivity index (χ4n) is 1.73. The molecule has 7 heteroatoms. The Morgan fingerprint density at radius 3 is 2.59 bits per heavy atom. The minimum Gasteiger partial charge on any atom is -0.481 e. The fraction of sp³-hybridized carbons (Fsp3) is 0.467. The second-order valence-electron chi connectivity index (χ2n) is 5.91. The first-order valence-corrected chi connectivity index (χ1v) is 7.23. The van der Waals surface area contributed by atoms with Crippen molar-refractivity contribution in [2.75, 3.05) is 5.32 Å². The van der Waals surface area contributed by atoms with Crippen LogP contribution >= 0.6 is 11.6 Å². The Kier molecular flexibility index (Phi) is 6.20. The summed E-state index contributed by atoms with van der Waals surface area (Å²) in [5, 5.41) is 11.6. The highest BCUT2D eigenvalue weighted by molar-refractivity contribution is 6.33. The average Bonchev–Trinajstić information content (AvgIpc) is 2.36. The molecule has 0 radical (unpaired) electrons. The molecule has 122 valence electrons. The van der Waals surface area contributed by atoms with Gasteiger partial charge in [0.05, 0.1) is 10.7 Å². The number of nitrogens with two attached hydrogens (primary N) is 1. The zero-order valence-corrected chi connectivity index (χ0v) is 13.6. The third-order valence-electron chi connectivity index (χ3n) is 2.72. The Balaban J connectivity index is 2.81. The molecule has 1 rings (SSSR count). The van der Waals surface area contributed by atoms with Gasteiger partial charge in [-0.1, -0.05) is 17.7 Å². The van der Waals surface area contributed by atoms with Crippen LogP contribution in [-0.2, 0) is 9.53 Å². The summed E-state index contributed by atoms with van der Waals surface area (Å²) in [4.78, 5) is 22.4. The Labute approximate surface area is 134 Å². The number of benzene rings is 1. The normalized spacial score (nSPS) is 12.6. The van der Waals surface area contributed by atoms with E-state index < -0.39 is 23.7 Å². The largest absolute Gasteiger partial charge is 0.481 e. The summed E-state index contributed by atoms with van der Waals surface area (Å²) < 4.78 is 5.16. The number of nitrogens with one attached hydrogen (secondary N) is 1. The van der Waals surface area contributed by atoms with Gasteiger partial charge in [0.25, 0.3) is 0 Å². The number of hydrogen-bond acceptors (Lipinski definition) is 4. The van der Waals surface area contributed by atoms with Gasteiger partial charge in [-0.25, -0.2) is 4.79 Å². The van der Waals surface area contributed by atoms with Crippen molar-refractivity contribution in [2.24, 2.45) is 5.73 Å². The second-order valence-corrected chi connectivity index (χ2v) is 6.31. The summed E-state index contributed by atoms with van der Waals surface area (Å²) in [6, 6.07) is 4.48. The molecule has 1 aromatic rings. The first kappa shape index (κ1) is 18.3. The van der Waals surface area contributed by atoms with Crippen LogP contribution in [0.5, 0.6) is 0 Å². The first-order chi connectivity index (χ1) is 10.1. The van der Waals surface area contributed by atoms with Gasteiger partial charge in [-0.2, -0.15) is 0 Å². The van der Waals surface area contributed by atoms with Gasteiger partial charge in [0.2, 0.25) is 0 Å². The lowest BCUT2D eigenvalue weighted by molar-refractivity contribution is -0.137. The minimum atomic E-state index is -0.906. The molecule has 0 saturated heterocycles. The SMILES string of the molecule is CC(C)(C)OC(=O)Nc1cc(C(N)CCC(=O)O)ccc1Cl. The summed E-state index contributed by atoms with van der Waals surface area (Å²) in [7, 11) is 0. The van der Waals surface area contributed by atoms with Gasteiger partial charge in [-0.15, -0.1) is 0 Å². The predicted octanol–water partition coefficient (Wildman–Crippen LogP) is 3.55. The average molecular weight is 329 g/mol. The van der Waals surface area contributed by atoms with Crippen molar-refractivity contribution in [3.63, 3.8) is 0 Å². The molecular weight excluding hydrogens is 308 g/mol. The first-order valence-electron chi connectivity index (χ1n) is 6.85. The number of ether oxygens (including phenoxy) is 1. The number of carbonyl (C=O) groups is 2. The van der Waals surface area contributed by atoms with Crippen LogP contribution in [0.25, 0.3) is 0 Å². The van der Waals surface area contributed by atoms with Crippen molar-refractivity contribution in [1.29, 1.82) is 0 Å². The lowest BCUT2D eigenvalue weighted by atomic mass is 10.0. The summed E-state index contributed by atoms with van der Waals surface area (Å²) in [5.41, 5.74) is 6.39. The molecule has 22 heavy (non-hydrogen) atoms. The molecule has 1 unspecified atom stereocenters. The number of carboxylic acid groups (broad SMARTS) is 1. The van der Waals surface area contributed by atoms with Gasteiger partial charge in [0.15, 0.2) is 0 Å². The highest BCUT2D eigenvalue weighted by Gasteiger charge is 2.18. The summed E-state index contributed by atoms with van der Waals surface area (Å²) in [6.45, 7) is 5.27. The van der Waals surface area contributed by atoms with Gasteiger partial charge in [-0.05, 0) is 44.9 Å². The third kappa shape index (κ3) is 6.32. The number of anilines is 1. The molecule has 1 aromatic carbocycles. The van der Waals surface area contributed by atoms with Crippen LogP contribution in [0.3, 0.4) is 0 Å². The van der Waals surface area contributed by atoms with Gasteiger partial charge >= 0.3 is 12.1 Å². The number of rotatable bonds is 5. The Morgan fingerprint density at radius 1 is 1.41 bits per heavy atom. The van der Waals surface area contributed by atoms with Crippen LogP contribution in [0.4, 0.5) is 10.5 Å². The van der Waals surface area contributed by atoms with Crippen molar-refractivity contribution in [2.45, 2.75) is 45.3 Å². The third-order valence-corrected chi connectivity index (χ3v) is 3.05. The number of carboxylic acids is 1. The van der Waals surface area contributed by atoms with E-state index in [0.717, 1.165) is 0 Å². The van der Waals surface area contributed by atoms with E-state index in [9.17, 15) is 9.59 Å². The predicted molar refractivity (Wildman–Crippen MR) is 85.1 cm³/mol. The van der Waals surface area contributed by atoms with Gasteiger partial charge in [-0.3, -0.25) is 10.1 Å². The van der Waals surface area contributed by atoms with Crippen molar-refractivity contribution >= 4 is 29.4 Å². The van der Waals surface area contributed by atoms with E-state index in [-0.39, 0.29) is 6.42 Å². The highest BCUT2D eigenvalue weighted by atomic mass is 35.5. The molecule has 0 heterocycles. The quantitative estimate of drug-likeness (QED) is 0.767. The summed E-state index contributed by atoms with van der Waals surface area (Å²) in [6.07, 6.45) is -0.354. The van der Waals surface area contributed by atoms with Crippen molar-refractivity contribution in [3.05, 3.63) is 28.8 Å². The van der Waals surface area contributed by atoms with Crippen molar-refractivity contribution < 1.29 is 19.4 Å². The molecule has 0 spiro atoms. The molecule has 0 fully saturated rings. The maximum absolute atomic E-state index is 11.8. The van der Waals surface area contributed by atoms with E-state index >= 15 is 0 Å². The van der Waals surface area contributed by atoms with E-state index in [1.165, 1.54) is 0 Å². The number of aliphatic carboxylic acids is 1. The van der Waals surface area contributed by atoms with Crippen LogP contribution < -0.4 is 11.1 Å². The number of hydrogen-bond donors (Lipinski definition) is 3. The number of halogens is 1. The number of carbonyl (C=O) groups excluding carboxylic acids is 1. The Bertz CT molecular complexity index is 555. The van der Waals surface area contributed by atoms with Gasteiger partial charge in [0.1, 0.15) is 5.60 Å². The van der Waals surface area contributed by atoms with Gasteiger partial charge < -0.3 is 15.6 Å². The van der Waals surface area contributed by atoms with Crippen molar-refractivity contribution in [3.8, 4) is 0 Å². The lowest BCUT2D eigenvalue weighted by Crippen LogP contribution is -2.27. The second kappa shape index (κ2) is 7.47. The molecule has 0 bridgehead atoms. The van der Waals surface area contributed by atoms with Crippen LogP contribution in [0.15, 0.2) is 18.2 Å². The van der Waals surface area contributed by atoms with Crippen molar-refractivity contribution in [1.82, 2.24) is 0 Å². The molecular formula is C15H21ClN2O4. The molecule has 0 aliphatic carbocycles. The van der Waals surface area contributed by atoms with Crippen LogP contribution in [-0.4, -0.2) is 22.8 Å². The maximum atomic E-state index is 11.8. The molecule has 1 amide bonds. The van der Waals surface area contributed by atoms with E-state index in [4.69, 9.17) is 27.2 Å². The topological polar surface area (TPSA) is 102 Å². The number of amides is 1. The standard InChI is InChI=1S/C15H21ClN2O4/c1-15(2,3)22-14(21)18-12-8-9(4-5-10(12)16)11(17)6-7-13(19)20/h4-5,8,11H,6-7,17H2,1-3H3,(H,18,21)(H,19,20). The highest BCUT2D eigenvalue weighted by Crippen LogP contribution is 2.27. The summed E-state index contributed by atoms with van der Waals surface area (Å²) in [5.74, 6) is -0.906. The van der Waals surface area contributed by atoms with E-state index in [2.05, 4.69) is 5.32 Å². The molecule has 6 nitrogen and oxygen atoms in total. The zero-order chi connectivity index (χ0) is 16.9. The van der Waals surface area contributed by atoms with Gasteiger partial charge in [0, 0.05) is 12.5 Å². The Hall–Kier alpha value is -1.79. The van der Waals surface area contributed by atoms with E-state index in [1.54, 1.807) is 39.0 Å². The van der Waals surface area contributed by atoms with Crippen LogP contribution in [0.1, 0.15) is 45.2 Å². The molecule has 0 saturated carbocycles. The fourth-order valence-corrected chi connectivity index (χ4v) is 1.89. The smallest absolute Gasteiger partial charge is 0.412 e. The molecule has 0 aromatic heterocycles. The monoisotopic (exact) mass is 328 g/mol. The molecule has 1 atom stereocenters. The van der Waals surface area contributed by atoms with Crippen LogP contribution in [0, 0.1) is 0 Å².